The van der Waals surface area contributed by atoms with Gasteiger partial charge in [0.05, 0.1) is 0 Å². The molecule has 0 aromatic carbocycles. The molecule has 2 fully saturated rings. The number of rotatable bonds is 1. The van der Waals surface area contributed by atoms with Gasteiger partial charge in [0.15, 0.2) is 0 Å². The lowest BCUT2D eigenvalue weighted by Gasteiger charge is -2.50. The summed E-state index contributed by atoms with van der Waals surface area (Å²) in [7, 11) is 0. The zero-order valence-electron chi connectivity index (χ0n) is 10.6. The van der Waals surface area contributed by atoms with Crippen LogP contribution in [0.4, 0.5) is 0 Å². The van der Waals surface area contributed by atoms with Crippen molar-refractivity contribution in [3.05, 3.63) is 0 Å². The van der Waals surface area contributed by atoms with Crippen LogP contribution in [0.3, 0.4) is 0 Å². The first-order valence-corrected chi connectivity index (χ1v) is 6.58. The number of nitrogens with zero attached hydrogens (tertiary/aromatic N) is 1. The molecule has 2 nitrogen and oxygen atoms in total. The Morgan fingerprint density at radius 2 is 2.00 bits per heavy atom. The average molecular weight is 210 g/mol. The van der Waals surface area contributed by atoms with Gasteiger partial charge in [-0.1, -0.05) is 6.92 Å². The third-order valence-electron chi connectivity index (χ3n) is 4.37. The molecule has 2 heteroatoms. The molecule has 0 amide bonds. The summed E-state index contributed by atoms with van der Waals surface area (Å²) >= 11 is 0. The van der Waals surface area contributed by atoms with Gasteiger partial charge in [0.2, 0.25) is 0 Å². The van der Waals surface area contributed by atoms with E-state index in [1.807, 2.05) is 0 Å². The zero-order valence-corrected chi connectivity index (χ0v) is 10.6. The highest BCUT2D eigenvalue weighted by atomic mass is 15.2. The highest BCUT2D eigenvalue weighted by molar-refractivity contribution is 4.95. The van der Waals surface area contributed by atoms with Gasteiger partial charge in [-0.2, -0.15) is 0 Å². The average Bonchev–Trinajstić information content (AvgIpc) is 2.15. The van der Waals surface area contributed by atoms with Crippen LogP contribution in [0.5, 0.6) is 0 Å². The molecule has 2 rings (SSSR count). The number of nitrogens with one attached hydrogen (secondary N) is 1. The van der Waals surface area contributed by atoms with Crippen LogP contribution in [-0.4, -0.2) is 36.1 Å². The minimum atomic E-state index is 0.547. The maximum Gasteiger partial charge on any atom is 0.0181 e. The van der Waals surface area contributed by atoms with E-state index in [-0.39, 0.29) is 0 Å². The minimum absolute atomic E-state index is 0.547. The predicted octanol–water partition coefficient (Wildman–Crippen LogP) is 2.25. The topological polar surface area (TPSA) is 15.3 Å². The third kappa shape index (κ3) is 2.54. The van der Waals surface area contributed by atoms with Crippen LogP contribution in [0.1, 0.15) is 46.5 Å². The summed E-state index contributed by atoms with van der Waals surface area (Å²) in [5.74, 6) is 0.796. The summed E-state index contributed by atoms with van der Waals surface area (Å²) in [5, 5.41) is 3.62. The summed E-state index contributed by atoms with van der Waals surface area (Å²) in [6.45, 7) is 10.9. The Morgan fingerprint density at radius 3 is 2.60 bits per heavy atom. The van der Waals surface area contributed by atoms with Gasteiger partial charge in [-0.05, 0) is 52.0 Å². The Labute approximate surface area is 94.4 Å². The van der Waals surface area contributed by atoms with Crippen molar-refractivity contribution in [2.75, 3.05) is 19.6 Å². The standard InChI is InChI=1S/C13H26N2/c1-11-9-14-12(2)5-8-15(10-11)13(3)6-4-7-13/h11-12,14H,4-10H2,1-3H3. The van der Waals surface area contributed by atoms with Crippen LogP contribution < -0.4 is 5.32 Å². The molecule has 1 saturated carbocycles. The Hall–Kier alpha value is -0.0800. The van der Waals surface area contributed by atoms with Gasteiger partial charge in [-0.15, -0.1) is 0 Å². The van der Waals surface area contributed by atoms with Crippen molar-refractivity contribution in [1.82, 2.24) is 10.2 Å². The van der Waals surface area contributed by atoms with Gasteiger partial charge in [-0.25, -0.2) is 0 Å². The molecule has 0 radical (unpaired) electrons. The molecule has 1 N–H and O–H groups in total. The predicted molar refractivity (Wildman–Crippen MR) is 65.1 cm³/mol. The van der Waals surface area contributed by atoms with E-state index in [1.165, 1.54) is 45.3 Å². The lowest BCUT2D eigenvalue weighted by atomic mass is 9.76. The van der Waals surface area contributed by atoms with Crippen molar-refractivity contribution in [3.8, 4) is 0 Å². The van der Waals surface area contributed by atoms with Gasteiger partial charge in [0.1, 0.15) is 0 Å². The second kappa shape index (κ2) is 4.42. The molecule has 1 aliphatic carbocycles. The molecular formula is C13H26N2. The van der Waals surface area contributed by atoms with E-state index in [0.29, 0.717) is 11.6 Å². The molecule has 2 aliphatic rings. The molecule has 88 valence electrons. The van der Waals surface area contributed by atoms with E-state index in [2.05, 4.69) is 31.0 Å². The van der Waals surface area contributed by atoms with Gasteiger partial charge < -0.3 is 5.32 Å². The van der Waals surface area contributed by atoms with E-state index in [4.69, 9.17) is 0 Å². The molecule has 1 saturated heterocycles. The summed E-state index contributed by atoms with van der Waals surface area (Å²) < 4.78 is 0. The molecule has 2 atom stereocenters. The third-order valence-corrected chi connectivity index (χ3v) is 4.37. The van der Waals surface area contributed by atoms with Crippen LogP contribution in [0, 0.1) is 5.92 Å². The van der Waals surface area contributed by atoms with Crippen LogP contribution in [0.2, 0.25) is 0 Å². The Bertz CT molecular complexity index is 211. The molecule has 15 heavy (non-hydrogen) atoms. The number of hydrogen-bond acceptors (Lipinski definition) is 2. The monoisotopic (exact) mass is 210 g/mol. The lowest BCUT2D eigenvalue weighted by molar-refractivity contribution is 0.0133. The normalized spacial score (nSPS) is 37.8. The molecular weight excluding hydrogens is 184 g/mol. The lowest BCUT2D eigenvalue weighted by Crippen LogP contribution is -2.55. The fraction of sp³-hybridized carbons (Fsp3) is 1.00. The van der Waals surface area contributed by atoms with Gasteiger partial charge in [0, 0.05) is 24.7 Å². The Balaban J connectivity index is 1.96. The molecule has 0 aromatic heterocycles. The van der Waals surface area contributed by atoms with Gasteiger partial charge >= 0.3 is 0 Å². The van der Waals surface area contributed by atoms with Gasteiger partial charge in [0.25, 0.3) is 0 Å². The van der Waals surface area contributed by atoms with Gasteiger partial charge in [-0.3, -0.25) is 4.90 Å². The number of hydrogen-bond donors (Lipinski definition) is 1. The Morgan fingerprint density at radius 1 is 1.27 bits per heavy atom. The summed E-state index contributed by atoms with van der Waals surface area (Å²) in [5.41, 5.74) is 0.547. The summed E-state index contributed by atoms with van der Waals surface area (Å²) in [4.78, 5) is 2.76. The van der Waals surface area contributed by atoms with Crippen molar-refractivity contribution < 1.29 is 0 Å². The van der Waals surface area contributed by atoms with E-state index in [0.717, 1.165) is 5.92 Å². The molecule has 2 unspecified atom stereocenters. The SMILES string of the molecule is CC1CNC(C)CCN(C2(C)CCC2)C1. The zero-order chi connectivity index (χ0) is 10.9. The van der Waals surface area contributed by atoms with Crippen LogP contribution in [-0.2, 0) is 0 Å². The molecule has 0 bridgehead atoms. The van der Waals surface area contributed by atoms with E-state index < -0.39 is 0 Å². The molecule has 0 aromatic rings. The van der Waals surface area contributed by atoms with Crippen molar-refractivity contribution in [3.63, 3.8) is 0 Å². The smallest absolute Gasteiger partial charge is 0.0181 e. The van der Waals surface area contributed by atoms with Crippen LogP contribution in [0.25, 0.3) is 0 Å². The quantitative estimate of drug-likeness (QED) is 0.714. The second-order valence-corrected chi connectivity index (χ2v) is 6.00. The van der Waals surface area contributed by atoms with Crippen molar-refractivity contribution in [2.45, 2.75) is 58.0 Å². The van der Waals surface area contributed by atoms with E-state index in [1.54, 1.807) is 0 Å². The van der Waals surface area contributed by atoms with E-state index >= 15 is 0 Å². The van der Waals surface area contributed by atoms with Crippen LogP contribution >= 0.6 is 0 Å². The fourth-order valence-corrected chi connectivity index (χ4v) is 2.88. The molecule has 1 aliphatic heterocycles. The Kier molecular flexibility index (Phi) is 3.36. The second-order valence-electron chi connectivity index (χ2n) is 6.00. The minimum Gasteiger partial charge on any atom is -0.314 e. The first kappa shape index (κ1) is 11.4. The summed E-state index contributed by atoms with van der Waals surface area (Å²) in [6.07, 6.45) is 5.58. The highest BCUT2D eigenvalue weighted by Crippen LogP contribution is 2.37. The first-order valence-electron chi connectivity index (χ1n) is 6.58. The molecule has 1 heterocycles. The van der Waals surface area contributed by atoms with Crippen molar-refractivity contribution in [2.24, 2.45) is 5.92 Å². The highest BCUT2D eigenvalue weighted by Gasteiger charge is 2.38. The fourth-order valence-electron chi connectivity index (χ4n) is 2.88. The largest absolute Gasteiger partial charge is 0.314 e. The summed E-state index contributed by atoms with van der Waals surface area (Å²) in [6, 6.07) is 0.693. The van der Waals surface area contributed by atoms with Crippen molar-refractivity contribution in [1.29, 1.82) is 0 Å². The van der Waals surface area contributed by atoms with Crippen molar-refractivity contribution >= 4 is 0 Å². The maximum atomic E-state index is 3.62. The maximum absolute atomic E-state index is 3.62. The molecule has 0 spiro atoms. The first-order chi connectivity index (χ1) is 7.10. The van der Waals surface area contributed by atoms with Crippen LogP contribution in [0.15, 0.2) is 0 Å². The van der Waals surface area contributed by atoms with E-state index in [9.17, 15) is 0 Å².